The fourth-order valence-electron chi connectivity index (χ4n) is 5.24. The van der Waals surface area contributed by atoms with Crippen molar-refractivity contribution in [3.8, 4) is 5.75 Å². The number of H-pyrrole nitrogens is 1. The van der Waals surface area contributed by atoms with Gasteiger partial charge < -0.3 is 4.74 Å². The van der Waals surface area contributed by atoms with E-state index in [1.165, 1.54) is 5.57 Å². The van der Waals surface area contributed by atoms with Crippen molar-refractivity contribution in [3.63, 3.8) is 0 Å². The largest absolute Gasteiger partial charge is 0.493 e. The summed E-state index contributed by atoms with van der Waals surface area (Å²) in [6, 6.07) is 8.18. The Hall–Kier alpha value is -2.36. The number of Topliss-reactive ketones (excluding diaryl/α,β-unsaturated/α-hetero) is 1. The van der Waals surface area contributed by atoms with Gasteiger partial charge in [-0.2, -0.15) is 5.10 Å². The fraction of sp³-hybridized carbons (Fsp3) is 0.429. The van der Waals surface area contributed by atoms with Gasteiger partial charge in [-0.1, -0.05) is 37.6 Å². The number of carbonyl (C=O) groups excluding carboxylic acids is 1. The maximum atomic E-state index is 13.3. The third-order valence-electron chi connectivity index (χ3n) is 6.04. The number of fused-ring (bicyclic) bond motifs is 5. The van der Waals surface area contributed by atoms with Crippen LogP contribution in [-0.2, 0) is 16.6 Å². The predicted octanol–water partition coefficient (Wildman–Crippen LogP) is 3.72. The molecule has 128 valence electrons. The van der Waals surface area contributed by atoms with Crippen molar-refractivity contribution in [2.45, 2.75) is 44.9 Å². The Morgan fingerprint density at radius 2 is 2.00 bits per heavy atom. The van der Waals surface area contributed by atoms with Gasteiger partial charge in [-0.25, -0.2) is 0 Å². The number of ketones is 1. The molecule has 3 aliphatic rings. The van der Waals surface area contributed by atoms with Crippen molar-refractivity contribution in [3.05, 3.63) is 58.4 Å². The van der Waals surface area contributed by atoms with Crippen LogP contribution in [-0.4, -0.2) is 22.6 Å². The summed E-state index contributed by atoms with van der Waals surface area (Å²) < 4.78 is 5.93. The standard InChI is InChI=1S/C21H22N2O2/c1-20(2)10-13-9-16-15(12-22-23-16)21(19(13)17(24)11-20)7-8-25-18-6-4-3-5-14(18)21/h3-6,12H,7-11H2,1-2H3,(H,22,23). The number of carbonyl (C=O) groups is 1. The van der Waals surface area contributed by atoms with Crippen LogP contribution >= 0.6 is 0 Å². The molecule has 0 radical (unpaired) electrons. The highest BCUT2D eigenvalue weighted by atomic mass is 16.5. The number of ether oxygens (including phenoxy) is 1. The van der Waals surface area contributed by atoms with E-state index in [0.29, 0.717) is 18.8 Å². The summed E-state index contributed by atoms with van der Waals surface area (Å²) >= 11 is 0. The Labute approximate surface area is 147 Å². The summed E-state index contributed by atoms with van der Waals surface area (Å²) in [5.74, 6) is 1.20. The molecule has 0 saturated heterocycles. The second kappa shape index (κ2) is 4.84. The Balaban J connectivity index is 1.84. The molecule has 2 heterocycles. The van der Waals surface area contributed by atoms with E-state index in [1.807, 2.05) is 24.4 Å². The second-order valence-corrected chi connectivity index (χ2v) is 8.36. The Bertz CT molecular complexity index is 921. The van der Waals surface area contributed by atoms with Crippen LogP contribution in [0.1, 0.15) is 49.9 Å². The van der Waals surface area contributed by atoms with E-state index in [4.69, 9.17) is 4.74 Å². The molecule has 1 spiro atoms. The molecule has 2 aromatic rings. The number of nitrogens with one attached hydrogen (secondary N) is 1. The summed E-state index contributed by atoms with van der Waals surface area (Å²) in [7, 11) is 0. The molecule has 1 unspecified atom stereocenters. The molecule has 4 nitrogen and oxygen atoms in total. The number of nitrogens with zero attached hydrogens (tertiary/aromatic N) is 1. The van der Waals surface area contributed by atoms with E-state index in [-0.39, 0.29) is 5.41 Å². The average molecular weight is 334 g/mol. The third-order valence-corrected chi connectivity index (χ3v) is 6.04. The van der Waals surface area contributed by atoms with Crippen molar-refractivity contribution in [2.24, 2.45) is 5.41 Å². The number of rotatable bonds is 0. The number of hydrogen-bond donors (Lipinski definition) is 1. The monoisotopic (exact) mass is 334 g/mol. The maximum absolute atomic E-state index is 13.3. The molecule has 2 aliphatic carbocycles. The highest BCUT2D eigenvalue weighted by molar-refractivity contribution is 6.02. The predicted molar refractivity (Wildman–Crippen MR) is 94.7 cm³/mol. The van der Waals surface area contributed by atoms with Crippen molar-refractivity contribution in [2.75, 3.05) is 6.61 Å². The van der Waals surface area contributed by atoms with E-state index in [9.17, 15) is 4.79 Å². The van der Waals surface area contributed by atoms with Gasteiger partial charge in [0.1, 0.15) is 5.75 Å². The molecule has 25 heavy (non-hydrogen) atoms. The zero-order valence-corrected chi connectivity index (χ0v) is 14.7. The first-order valence-electron chi connectivity index (χ1n) is 9.02. The summed E-state index contributed by atoms with van der Waals surface area (Å²) in [6.45, 7) is 5.01. The van der Waals surface area contributed by atoms with Crippen LogP contribution in [0.2, 0.25) is 0 Å². The maximum Gasteiger partial charge on any atom is 0.160 e. The lowest BCUT2D eigenvalue weighted by Crippen LogP contribution is -2.45. The molecule has 0 fully saturated rings. The number of benzene rings is 1. The van der Waals surface area contributed by atoms with Crippen molar-refractivity contribution in [1.82, 2.24) is 10.2 Å². The molecule has 0 amide bonds. The van der Waals surface area contributed by atoms with Crippen molar-refractivity contribution in [1.29, 1.82) is 0 Å². The van der Waals surface area contributed by atoms with Gasteiger partial charge >= 0.3 is 0 Å². The van der Waals surface area contributed by atoms with Gasteiger partial charge in [0.2, 0.25) is 0 Å². The normalized spacial score (nSPS) is 26.7. The molecular weight excluding hydrogens is 312 g/mol. The smallest absolute Gasteiger partial charge is 0.160 e. The summed E-state index contributed by atoms with van der Waals surface area (Å²) in [5, 5.41) is 7.54. The number of aromatic nitrogens is 2. The topological polar surface area (TPSA) is 55.0 Å². The van der Waals surface area contributed by atoms with Crippen LogP contribution in [0.15, 0.2) is 41.6 Å². The Morgan fingerprint density at radius 1 is 1.16 bits per heavy atom. The highest BCUT2D eigenvalue weighted by Gasteiger charge is 2.52. The average Bonchev–Trinajstić information content (AvgIpc) is 3.02. The van der Waals surface area contributed by atoms with Crippen LogP contribution in [0.4, 0.5) is 0 Å². The molecule has 1 atom stereocenters. The van der Waals surface area contributed by atoms with Gasteiger partial charge in [0, 0.05) is 35.2 Å². The molecule has 0 saturated carbocycles. The third kappa shape index (κ3) is 1.94. The number of allylic oxidation sites excluding steroid dienone is 2. The van der Waals surface area contributed by atoms with Gasteiger partial charge in [0.05, 0.1) is 18.2 Å². The first-order chi connectivity index (χ1) is 12.0. The Kier molecular flexibility index (Phi) is 2.89. The van der Waals surface area contributed by atoms with Crippen LogP contribution in [0.5, 0.6) is 5.75 Å². The molecule has 5 rings (SSSR count). The second-order valence-electron chi connectivity index (χ2n) is 8.36. The SMILES string of the molecule is CC1(C)CC(=O)C2=C(Cc3[nH]ncc3C23CCOc2ccccc23)C1. The van der Waals surface area contributed by atoms with E-state index in [1.54, 1.807) is 0 Å². The number of aromatic amines is 1. The molecule has 0 bridgehead atoms. The van der Waals surface area contributed by atoms with Gasteiger partial charge in [0.15, 0.2) is 5.78 Å². The van der Waals surface area contributed by atoms with Gasteiger partial charge in [0.25, 0.3) is 0 Å². The van der Waals surface area contributed by atoms with E-state index < -0.39 is 5.41 Å². The van der Waals surface area contributed by atoms with Crippen LogP contribution in [0, 0.1) is 5.41 Å². The minimum Gasteiger partial charge on any atom is -0.493 e. The van der Waals surface area contributed by atoms with E-state index in [2.05, 4.69) is 30.1 Å². The van der Waals surface area contributed by atoms with Gasteiger partial charge in [-0.15, -0.1) is 0 Å². The fourth-order valence-corrected chi connectivity index (χ4v) is 5.24. The molecule has 1 aromatic heterocycles. The van der Waals surface area contributed by atoms with Crippen LogP contribution in [0.25, 0.3) is 0 Å². The number of para-hydroxylation sites is 1. The van der Waals surface area contributed by atoms with E-state index >= 15 is 0 Å². The minimum absolute atomic E-state index is 0.0271. The molecule has 1 N–H and O–H groups in total. The first kappa shape index (κ1) is 14.9. The summed E-state index contributed by atoms with van der Waals surface area (Å²) in [6.07, 6.45) is 5.11. The lowest BCUT2D eigenvalue weighted by atomic mass is 9.56. The van der Waals surface area contributed by atoms with Crippen molar-refractivity contribution < 1.29 is 9.53 Å². The van der Waals surface area contributed by atoms with Gasteiger partial charge in [-0.05, 0) is 24.3 Å². The van der Waals surface area contributed by atoms with Crippen LogP contribution < -0.4 is 4.74 Å². The summed E-state index contributed by atoms with van der Waals surface area (Å²) in [4.78, 5) is 13.3. The molecule has 1 aromatic carbocycles. The Morgan fingerprint density at radius 3 is 2.88 bits per heavy atom. The van der Waals surface area contributed by atoms with Gasteiger partial charge in [-0.3, -0.25) is 9.89 Å². The van der Waals surface area contributed by atoms with E-state index in [0.717, 1.165) is 47.4 Å². The van der Waals surface area contributed by atoms with Crippen LogP contribution in [0.3, 0.4) is 0 Å². The summed E-state index contributed by atoms with van der Waals surface area (Å²) in [5.41, 5.74) is 5.36. The zero-order valence-electron chi connectivity index (χ0n) is 14.7. The minimum atomic E-state index is -0.404. The lowest BCUT2D eigenvalue weighted by Gasteiger charge is -2.47. The number of hydrogen-bond acceptors (Lipinski definition) is 3. The molecule has 4 heteroatoms. The zero-order chi connectivity index (χ0) is 17.2. The molecule has 1 aliphatic heterocycles. The highest BCUT2D eigenvalue weighted by Crippen LogP contribution is 2.56. The molecular formula is C21H22N2O2. The first-order valence-corrected chi connectivity index (χ1v) is 9.02. The lowest BCUT2D eigenvalue weighted by molar-refractivity contribution is -0.118. The van der Waals surface area contributed by atoms with Crippen molar-refractivity contribution >= 4 is 5.78 Å². The quantitative estimate of drug-likeness (QED) is 0.799.